The lowest BCUT2D eigenvalue weighted by atomic mass is 9.98. The summed E-state index contributed by atoms with van der Waals surface area (Å²) >= 11 is 0. The first-order chi connectivity index (χ1) is 19.9. The monoisotopic (exact) mass is 589 g/mol. The van der Waals surface area contributed by atoms with Crippen molar-refractivity contribution in [1.29, 1.82) is 0 Å². The summed E-state index contributed by atoms with van der Waals surface area (Å²) in [6.45, 7) is 4.01. The van der Waals surface area contributed by atoms with Gasteiger partial charge in [0.2, 0.25) is 0 Å². The molecule has 0 saturated carbocycles. The van der Waals surface area contributed by atoms with Crippen LogP contribution in [0.1, 0.15) is 28.5 Å². The first kappa shape index (κ1) is 28.9. The minimum Gasteiger partial charge on any atom is -0.382 e. The highest BCUT2D eigenvalue weighted by Gasteiger charge is 2.31. The molecule has 0 unspecified atom stereocenters. The number of carbonyl (C=O) groups is 2. The second-order valence-electron chi connectivity index (χ2n) is 9.51. The number of Topliss-reactive ketones (excluding diaryl/α,β-unsaturated/α-hetero) is 1. The number of ketones is 1. The molecule has 0 bridgehead atoms. The van der Waals surface area contributed by atoms with Crippen LogP contribution in [0.25, 0.3) is 16.6 Å². The van der Waals surface area contributed by atoms with Gasteiger partial charge in [-0.25, -0.2) is 23.1 Å². The molecule has 2 aromatic carbocycles. The van der Waals surface area contributed by atoms with Crippen LogP contribution < -0.4 is 16.4 Å². The number of hydrogen-bond donors (Lipinski definition) is 3. The molecular weight excluding hydrogens is 565 g/mol. The Kier molecular flexibility index (Phi) is 7.79. The van der Waals surface area contributed by atoms with Crippen molar-refractivity contribution < 1.29 is 36.3 Å². The van der Waals surface area contributed by atoms with Crippen LogP contribution in [0.15, 0.2) is 42.7 Å². The third-order valence-corrected chi connectivity index (χ3v) is 6.73. The molecular formula is C27H24F5N7O3. The zero-order chi connectivity index (χ0) is 30.2. The molecule has 0 spiro atoms. The third kappa shape index (κ3) is 5.73. The minimum atomic E-state index is -4.76. The first-order valence-electron chi connectivity index (χ1n) is 12.6. The summed E-state index contributed by atoms with van der Waals surface area (Å²) in [5.41, 5.74) is 5.55. The number of anilines is 3. The molecule has 220 valence electrons. The van der Waals surface area contributed by atoms with E-state index in [0.717, 1.165) is 6.07 Å². The summed E-state index contributed by atoms with van der Waals surface area (Å²) in [6, 6.07) is 4.03. The number of hydrogen-bond acceptors (Lipinski definition) is 7. The summed E-state index contributed by atoms with van der Waals surface area (Å²) in [4.78, 5) is 31.5. The number of morpholine rings is 1. The van der Waals surface area contributed by atoms with Crippen LogP contribution >= 0.6 is 0 Å². The molecule has 4 aromatic rings. The number of nitrogens with one attached hydrogen (secondary N) is 2. The lowest BCUT2D eigenvalue weighted by Gasteiger charge is -2.26. The Balaban J connectivity index is 1.48. The Bertz CT molecular complexity index is 1680. The van der Waals surface area contributed by atoms with E-state index in [9.17, 15) is 27.2 Å². The number of amides is 2. The molecule has 5 rings (SSSR count). The molecule has 10 nitrogen and oxygen atoms in total. The number of rotatable bonds is 6. The highest BCUT2D eigenvalue weighted by Crippen LogP contribution is 2.37. The maximum atomic E-state index is 15.3. The molecule has 1 aliphatic rings. The van der Waals surface area contributed by atoms with Crippen molar-refractivity contribution >= 4 is 34.5 Å². The summed E-state index contributed by atoms with van der Waals surface area (Å²) in [5, 5.41) is 8.41. The molecule has 0 atom stereocenters. The van der Waals surface area contributed by atoms with Crippen LogP contribution in [0.3, 0.4) is 0 Å². The Labute approximate surface area is 235 Å². The molecule has 0 radical (unpaired) electrons. The molecule has 2 amide bonds. The largest absolute Gasteiger partial charge is 0.416 e. The lowest BCUT2D eigenvalue weighted by Crippen LogP contribution is -2.36. The molecule has 15 heteroatoms. The molecule has 1 aliphatic heterocycles. The van der Waals surface area contributed by atoms with Crippen molar-refractivity contribution in [2.24, 2.45) is 0 Å². The number of carbonyl (C=O) groups excluding carboxylic acids is 2. The number of alkyl halides is 3. The van der Waals surface area contributed by atoms with E-state index in [2.05, 4.69) is 20.3 Å². The number of benzene rings is 2. The number of urea groups is 1. The van der Waals surface area contributed by atoms with Crippen molar-refractivity contribution in [2.45, 2.75) is 19.6 Å². The fraction of sp³-hybridized carbons (Fsp3) is 0.259. The van der Waals surface area contributed by atoms with Crippen molar-refractivity contribution in [1.82, 2.24) is 19.5 Å². The number of aromatic nitrogens is 3. The van der Waals surface area contributed by atoms with Gasteiger partial charge in [0.15, 0.2) is 11.6 Å². The van der Waals surface area contributed by atoms with Crippen molar-refractivity contribution in [3.05, 3.63) is 71.2 Å². The van der Waals surface area contributed by atoms with E-state index < -0.39 is 35.1 Å². The topological polar surface area (TPSA) is 127 Å². The van der Waals surface area contributed by atoms with Gasteiger partial charge in [-0.05, 0) is 42.8 Å². The van der Waals surface area contributed by atoms with Crippen LogP contribution in [0.4, 0.5) is 43.9 Å². The van der Waals surface area contributed by atoms with Gasteiger partial charge in [0.25, 0.3) is 0 Å². The first-order valence-corrected chi connectivity index (χ1v) is 12.6. The van der Waals surface area contributed by atoms with Crippen molar-refractivity contribution in [3.8, 4) is 11.1 Å². The molecule has 2 aromatic heterocycles. The SMILES string of the molecule is CC(=O)c1c(-c2ccc(NC(=O)Nc3cc(C(F)(F)F)ccc3F)c(F)c2)c2c(N)ncnn2c1CN1CCOCC1. The Morgan fingerprint density at radius 3 is 2.40 bits per heavy atom. The van der Waals surface area contributed by atoms with Crippen molar-refractivity contribution in [2.75, 3.05) is 42.7 Å². The van der Waals surface area contributed by atoms with Gasteiger partial charge in [-0.1, -0.05) is 6.07 Å². The summed E-state index contributed by atoms with van der Waals surface area (Å²) in [5.74, 6) is -2.31. The van der Waals surface area contributed by atoms with Crippen molar-refractivity contribution in [3.63, 3.8) is 0 Å². The predicted molar refractivity (Wildman–Crippen MR) is 143 cm³/mol. The van der Waals surface area contributed by atoms with Gasteiger partial charge in [-0.3, -0.25) is 9.69 Å². The molecule has 1 fully saturated rings. The summed E-state index contributed by atoms with van der Waals surface area (Å²) < 4.78 is 75.2. The standard InChI is InChI=1S/C27H24F5N7O3/c1-14(40)22-21(12-38-6-8-42-9-7-38)39-24(25(33)34-13-35-39)23(22)15-2-5-19(18(29)10-15)36-26(41)37-20-11-16(27(30,31)32)3-4-17(20)28/h2-5,10-11,13H,6-9,12H2,1H3,(H2,33,34,35)(H2,36,37,41). The molecule has 4 N–H and O–H groups in total. The Morgan fingerprint density at radius 1 is 1.02 bits per heavy atom. The van der Waals surface area contributed by atoms with Gasteiger partial charge in [0.1, 0.15) is 23.5 Å². The van der Waals surface area contributed by atoms with Gasteiger partial charge < -0.3 is 21.1 Å². The molecule has 3 heterocycles. The van der Waals surface area contributed by atoms with E-state index >= 15 is 4.39 Å². The van der Waals surface area contributed by atoms with Gasteiger partial charge in [-0.2, -0.15) is 18.3 Å². The Hall–Kier alpha value is -4.63. The minimum absolute atomic E-state index is 0.0563. The number of nitrogen functional groups attached to an aromatic ring is 1. The fourth-order valence-electron chi connectivity index (χ4n) is 4.80. The number of halogens is 5. The quantitative estimate of drug-likeness (QED) is 0.215. The average molecular weight is 590 g/mol. The van der Waals surface area contributed by atoms with E-state index in [1.807, 2.05) is 5.32 Å². The summed E-state index contributed by atoms with van der Waals surface area (Å²) in [7, 11) is 0. The van der Waals surface area contributed by atoms with E-state index in [4.69, 9.17) is 10.5 Å². The number of nitrogens with two attached hydrogens (primary N) is 1. The second kappa shape index (κ2) is 11.3. The Morgan fingerprint density at radius 2 is 1.74 bits per heavy atom. The zero-order valence-electron chi connectivity index (χ0n) is 22.1. The maximum Gasteiger partial charge on any atom is 0.416 e. The van der Waals surface area contributed by atoms with Gasteiger partial charge >= 0.3 is 12.2 Å². The highest BCUT2D eigenvalue weighted by atomic mass is 19.4. The van der Waals surface area contributed by atoms with Gasteiger partial charge in [0, 0.05) is 25.2 Å². The van der Waals surface area contributed by atoms with Crippen LogP contribution in [0, 0.1) is 11.6 Å². The van der Waals surface area contributed by atoms with E-state index in [1.165, 1.54) is 29.9 Å². The van der Waals surface area contributed by atoms with Crippen LogP contribution in [-0.2, 0) is 17.5 Å². The van der Waals surface area contributed by atoms with E-state index in [1.54, 1.807) is 0 Å². The normalized spacial score (nSPS) is 14.2. The van der Waals surface area contributed by atoms with Gasteiger partial charge in [-0.15, -0.1) is 0 Å². The highest BCUT2D eigenvalue weighted by molar-refractivity contribution is 6.08. The van der Waals surface area contributed by atoms with E-state index in [-0.39, 0.29) is 28.4 Å². The number of ether oxygens (including phenoxy) is 1. The van der Waals surface area contributed by atoms with Gasteiger partial charge in [0.05, 0.1) is 41.4 Å². The lowest BCUT2D eigenvalue weighted by molar-refractivity contribution is -0.137. The van der Waals surface area contributed by atoms with E-state index in [0.29, 0.717) is 67.8 Å². The summed E-state index contributed by atoms with van der Waals surface area (Å²) in [6.07, 6.45) is -3.51. The predicted octanol–water partition coefficient (Wildman–Crippen LogP) is 4.95. The fourth-order valence-corrected chi connectivity index (χ4v) is 4.80. The molecule has 42 heavy (non-hydrogen) atoms. The smallest absolute Gasteiger partial charge is 0.382 e. The average Bonchev–Trinajstić information content (AvgIpc) is 3.26. The maximum absolute atomic E-state index is 15.3. The van der Waals surface area contributed by atoms with Crippen LogP contribution in [0.2, 0.25) is 0 Å². The number of nitrogens with zero attached hydrogens (tertiary/aromatic N) is 4. The third-order valence-electron chi connectivity index (χ3n) is 6.73. The molecule has 0 aliphatic carbocycles. The second-order valence-corrected chi connectivity index (χ2v) is 9.51. The molecule has 1 saturated heterocycles. The number of fused-ring (bicyclic) bond motifs is 1. The van der Waals surface area contributed by atoms with Crippen LogP contribution in [0.5, 0.6) is 0 Å². The van der Waals surface area contributed by atoms with Crippen LogP contribution in [-0.4, -0.2) is 57.6 Å². The zero-order valence-corrected chi connectivity index (χ0v) is 22.1.